The molecule has 0 aliphatic carbocycles. The van der Waals surface area contributed by atoms with Crippen LogP contribution in [0.5, 0.6) is 5.88 Å². The van der Waals surface area contributed by atoms with Gasteiger partial charge in [-0.05, 0) is 29.3 Å². The number of nitrogens with one attached hydrogen (secondary N) is 1. The number of ether oxygens (including phenoxy) is 1. The summed E-state index contributed by atoms with van der Waals surface area (Å²) in [6.45, 7) is 5.68. The number of halogens is 1. The van der Waals surface area contributed by atoms with Gasteiger partial charge in [-0.15, -0.1) is 0 Å². The van der Waals surface area contributed by atoms with Gasteiger partial charge in [-0.25, -0.2) is 9.37 Å². The van der Waals surface area contributed by atoms with Gasteiger partial charge >= 0.3 is 0 Å². The maximum absolute atomic E-state index is 13.2. The van der Waals surface area contributed by atoms with Gasteiger partial charge in [0.2, 0.25) is 5.88 Å². The van der Waals surface area contributed by atoms with Crippen LogP contribution >= 0.6 is 0 Å². The summed E-state index contributed by atoms with van der Waals surface area (Å²) in [5.41, 5.74) is 5.19. The Bertz CT molecular complexity index is 937. The third kappa shape index (κ3) is 3.80. The minimum atomic E-state index is -0.227. The molecule has 0 fully saturated rings. The monoisotopic (exact) mass is 362 g/mol. The molecule has 3 nitrogen and oxygen atoms in total. The van der Waals surface area contributed by atoms with Crippen molar-refractivity contribution in [1.29, 1.82) is 0 Å². The van der Waals surface area contributed by atoms with E-state index in [1.165, 1.54) is 12.1 Å². The summed E-state index contributed by atoms with van der Waals surface area (Å²) in [5, 5.41) is 3.45. The average molecular weight is 362 g/mol. The summed E-state index contributed by atoms with van der Waals surface area (Å²) >= 11 is 0. The van der Waals surface area contributed by atoms with Crippen LogP contribution in [-0.4, -0.2) is 11.5 Å². The molecule has 0 spiro atoms. The van der Waals surface area contributed by atoms with Crippen LogP contribution in [0.4, 0.5) is 10.1 Å². The smallest absolute Gasteiger partial charge is 0.217 e. The van der Waals surface area contributed by atoms with Crippen LogP contribution in [0.1, 0.15) is 36.2 Å². The first kappa shape index (κ1) is 17.5. The third-order valence-electron chi connectivity index (χ3n) is 4.95. The summed E-state index contributed by atoms with van der Waals surface area (Å²) in [4.78, 5) is 4.88. The van der Waals surface area contributed by atoms with Crippen molar-refractivity contribution in [2.24, 2.45) is 0 Å². The molecule has 0 amide bonds. The van der Waals surface area contributed by atoms with Crippen molar-refractivity contribution in [3.05, 3.63) is 88.9 Å². The Hall–Kier alpha value is -2.88. The van der Waals surface area contributed by atoms with Gasteiger partial charge in [-0.2, -0.15) is 0 Å². The SMILES string of the molecule is CC1(C)CNc2cc(Cc3ccc(F)cc3)c(OCc3ccccc3)nc21. The second kappa shape index (κ2) is 7.03. The molecule has 2 heterocycles. The molecular formula is C23H23FN2O. The fourth-order valence-electron chi connectivity index (χ4n) is 3.39. The summed E-state index contributed by atoms with van der Waals surface area (Å²) < 4.78 is 19.4. The zero-order valence-electron chi connectivity index (χ0n) is 15.6. The van der Waals surface area contributed by atoms with Crippen LogP contribution in [0.25, 0.3) is 0 Å². The molecule has 4 heteroatoms. The highest BCUT2D eigenvalue weighted by atomic mass is 19.1. The molecule has 3 aromatic rings. The molecule has 0 unspecified atom stereocenters. The molecule has 0 bridgehead atoms. The van der Waals surface area contributed by atoms with E-state index in [0.717, 1.165) is 34.6 Å². The molecule has 1 N–H and O–H groups in total. The molecule has 0 saturated carbocycles. The van der Waals surface area contributed by atoms with Gasteiger partial charge in [-0.3, -0.25) is 0 Å². The van der Waals surface area contributed by atoms with Crippen LogP contribution in [0.2, 0.25) is 0 Å². The number of hydrogen-bond acceptors (Lipinski definition) is 3. The number of pyridine rings is 1. The Balaban J connectivity index is 1.66. The van der Waals surface area contributed by atoms with Gasteiger partial charge in [0.05, 0.1) is 11.4 Å². The highest BCUT2D eigenvalue weighted by Crippen LogP contribution is 2.38. The lowest BCUT2D eigenvalue weighted by atomic mass is 9.91. The largest absolute Gasteiger partial charge is 0.473 e. The van der Waals surface area contributed by atoms with E-state index in [9.17, 15) is 4.39 Å². The van der Waals surface area contributed by atoms with Crippen molar-refractivity contribution >= 4 is 5.69 Å². The molecule has 2 aromatic carbocycles. The first-order valence-electron chi connectivity index (χ1n) is 9.21. The van der Waals surface area contributed by atoms with Crippen molar-refractivity contribution in [3.8, 4) is 5.88 Å². The molecule has 0 atom stereocenters. The van der Waals surface area contributed by atoms with E-state index in [-0.39, 0.29) is 11.2 Å². The van der Waals surface area contributed by atoms with Crippen LogP contribution in [0.3, 0.4) is 0 Å². The fraction of sp³-hybridized carbons (Fsp3) is 0.261. The topological polar surface area (TPSA) is 34.1 Å². The Morgan fingerprint density at radius 1 is 1.04 bits per heavy atom. The number of fused-ring (bicyclic) bond motifs is 1. The predicted octanol–water partition coefficient (Wildman–Crippen LogP) is 5.09. The van der Waals surface area contributed by atoms with Crippen LogP contribution in [0.15, 0.2) is 60.7 Å². The van der Waals surface area contributed by atoms with E-state index in [2.05, 4.69) is 25.2 Å². The summed E-state index contributed by atoms with van der Waals surface area (Å²) in [6, 6.07) is 18.8. The molecule has 0 radical (unpaired) electrons. The maximum atomic E-state index is 13.2. The second-order valence-corrected chi connectivity index (χ2v) is 7.66. The molecule has 1 aliphatic heterocycles. The Labute approximate surface area is 159 Å². The Morgan fingerprint density at radius 2 is 1.78 bits per heavy atom. The molecule has 1 aromatic heterocycles. The third-order valence-corrected chi connectivity index (χ3v) is 4.95. The first-order chi connectivity index (χ1) is 13.0. The fourth-order valence-corrected chi connectivity index (χ4v) is 3.39. The minimum Gasteiger partial charge on any atom is -0.473 e. The lowest BCUT2D eigenvalue weighted by Crippen LogP contribution is -2.20. The molecule has 4 rings (SSSR count). The molecule has 0 saturated heterocycles. The second-order valence-electron chi connectivity index (χ2n) is 7.66. The standard InChI is InChI=1S/C23H23FN2O/c1-23(2)15-25-20-13-18(12-16-8-10-19(24)11-9-16)22(26-21(20)23)27-14-17-6-4-3-5-7-17/h3-11,13,25H,12,14-15H2,1-2H3. The molecule has 27 heavy (non-hydrogen) atoms. The summed E-state index contributed by atoms with van der Waals surface area (Å²) in [5.74, 6) is 0.425. The zero-order valence-corrected chi connectivity index (χ0v) is 15.6. The van der Waals surface area contributed by atoms with Crippen molar-refractivity contribution in [3.63, 3.8) is 0 Å². The molecule has 138 valence electrons. The van der Waals surface area contributed by atoms with Gasteiger partial charge in [-0.1, -0.05) is 56.3 Å². The van der Waals surface area contributed by atoms with Gasteiger partial charge in [0.15, 0.2) is 0 Å². The maximum Gasteiger partial charge on any atom is 0.217 e. The van der Waals surface area contributed by atoms with E-state index in [4.69, 9.17) is 9.72 Å². The number of nitrogens with zero attached hydrogens (tertiary/aromatic N) is 1. The average Bonchev–Trinajstić information content (AvgIpc) is 2.96. The highest BCUT2D eigenvalue weighted by Gasteiger charge is 2.32. The van der Waals surface area contributed by atoms with E-state index in [1.54, 1.807) is 12.1 Å². The highest BCUT2D eigenvalue weighted by molar-refractivity contribution is 5.60. The molecular weight excluding hydrogens is 339 g/mol. The number of rotatable bonds is 5. The first-order valence-corrected chi connectivity index (χ1v) is 9.21. The predicted molar refractivity (Wildman–Crippen MR) is 106 cm³/mol. The number of aromatic nitrogens is 1. The molecule has 1 aliphatic rings. The number of anilines is 1. The zero-order chi connectivity index (χ0) is 18.9. The van der Waals surface area contributed by atoms with E-state index in [0.29, 0.717) is 18.9 Å². The van der Waals surface area contributed by atoms with Gasteiger partial charge in [0.25, 0.3) is 0 Å². The van der Waals surface area contributed by atoms with E-state index >= 15 is 0 Å². The summed E-state index contributed by atoms with van der Waals surface area (Å²) in [6.07, 6.45) is 0.646. The Kier molecular flexibility index (Phi) is 4.56. The van der Waals surface area contributed by atoms with Gasteiger partial charge < -0.3 is 10.1 Å². The number of benzene rings is 2. The van der Waals surface area contributed by atoms with Crippen molar-refractivity contribution in [1.82, 2.24) is 4.98 Å². The van der Waals surface area contributed by atoms with Gasteiger partial charge in [0, 0.05) is 23.9 Å². The lowest BCUT2D eigenvalue weighted by Gasteiger charge is -2.18. The minimum absolute atomic E-state index is 0.0331. The van der Waals surface area contributed by atoms with Gasteiger partial charge in [0.1, 0.15) is 12.4 Å². The lowest BCUT2D eigenvalue weighted by molar-refractivity contribution is 0.289. The normalized spacial score (nSPS) is 14.5. The van der Waals surface area contributed by atoms with E-state index in [1.807, 2.05) is 30.3 Å². The number of hydrogen-bond donors (Lipinski definition) is 1. The van der Waals surface area contributed by atoms with Crippen LogP contribution < -0.4 is 10.1 Å². The summed E-state index contributed by atoms with van der Waals surface area (Å²) in [7, 11) is 0. The van der Waals surface area contributed by atoms with Crippen molar-refractivity contribution < 1.29 is 9.13 Å². The Morgan fingerprint density at radius 3 is 2.52 bits per heavy atom. The quantitative estimate of drug-likeness (QED) is 0.686. The van der Waals surface area contributed by atoms with Crippen LogP contribution in [-0.2, 0) is 18.4 Å². The van der Waals surface area contributed by atoms with Crippen molar-refractivity contribution in [2.75, 3.05) is 11.9 Å². The van der Waals surface area contributed by atoms with Crippen molar-refractivity contribution in [2.45, 2.75) is 32.3 Å². The van der Waals surface area contributed by atoms with Crippen LogP contribution in [0, 0.1) is 5.82 Å². The van der Waals surface area contributed by atoms with E-state index < -0.39 is 0 Å².